The van der Waals surface area contributed by atoms with Crippen LogP contribution in [-0.2, 0) is 4.79 Å². The van der Waals surface area contributed by atoms with Crippen LogP contribution in [0.1, 0.15) is 50.6 Å². The number of amides is 1. The summed E-state index contributed by atoms with van der Waals surface area (Å²) in [6, 6.07) is 0.0817. The Hall–Kier alpha value is -0.940. The largest absolute Gasteiger partial charge is 0.347 e. The molecule has 1 saturated heterocycles. The molecule has 0 aliphatic carbocycles. The van der Waals surface area contributed by atoms with Gasteiger partial charge in [0, 0.05) is 18.0 Å². The molecule has 1 aliphatic rings. The van der Waals surface area contributed by atoms with Crippen LogP contribution in [0, 0.1) is 5.92 Å². The Balaban J connectivity index is 1.77. The van der Waals surface area contributed by atoms with E-state index in [0.29, 0.717) is 12.3 Å². The zero-order chi connectivity index (χ0) is 14.4. The Morgan fingerprint density at radius 3 is 2.80 bits per heavy atom. The lowest BCUT2D eigenvalue weighted by atomic mass is 9.93. The van der Waals surface area contributed by atoms with Crippen LogP contribution in [-0.4, -0.2) is 35.4 Å². The second-order valence-corrected chi connectivity index (χ2v) is 6.41. The number of hydrogen-bond acceptors (Lipinski definition) is 4. The van der Waals surface area contributed by atoms with Gasteiger partial charge in [-0.15, -0.1) is 11.3 Å². The molecule has 0 saturated carbocycles. The molecule has 20 heavy (non-hydrogen) atoms. The number of thiazole rings is 1. The van der Waals surface area contributed by atoms with Crippen LogP contribution in [0.4, 0.5) is 0 Å². The second kappa shape index (κ2) is 7.74. The van der Waals surface area contributed by atoms with Gasteiger partial charge in [-0.05, 0) is 44.8 Å². The van der Waals surface area contributed by atoms with Gasteiger partial charge in [0.15, 0.2) is 0 Å². The zero-order valence-corrected chi connectivity index (χ0v) is 13.3. The fourth-order valence-electron chi connectivity index (χ4n) is 2.77. The standard InChI is InChI=1S/C15H25N3OS/c1-3-13(15-16-7-10-20-15)17-14(19)11-12-5-8-18(4-2)9-6-12/h7,10,12-13H,3-6,8-9,11H2,1-2H3,(H,17,19)/t13-/m0/s1. The van der Waals surface area contributed by atoms with E-state index in [9.17, 15) is 4.79 Å². The van der Waals surface area contributed by atoms with Crippen molar-refractivity contribution >= 4 is 17.2 Å². The molecule has 0 spiro atoms. The fraction of sp³-hybridized carbons (Fsp3) is 0.733. The van der Waals surface area contributed by atoms with Gasteiger partial charge in [0.2, 0.25) is 5.91 Å². The number of carbonyl (C=O) groups excluding carboxylic acids is 1. The van der Waals surface area contributed by atoms with E-state index < -0.39 is 0 Å². The Kier molecular flexibility index (Phi) is 5.98. The van der Waals surface area contributed by atoms with E-state index in [4.69, 9.17) is 0 Å². The highest BCUT2D eigenvalue weighted by atomic mass is 32.1. The molecule has 5 heteroatoms. The number of hydrogen-bond donors (Lipinski definition) is 1. The third-order valence-electron chi connectivity index (χ3n) is 4.12. The maximum absolute atomic E-state index is 12.2. The van der Waals surface area contributed by atoms with Gasteiger partial charge in [0.25, 0.3) is 0 Å². The van der Waals surface area contributed by atoms with Crippen molar-refractivity contribution < 1.29 is 4.79 Å². The van der Waals surface area contributed by atoms with E-state index in [2.05, 4.69) is 29.0 Å². The van der Waals surface area contributed by atoms with Gasteiger partial charge in [0.1, 0.15) is 5.01 Å². The maximum Gasteiger partial charge on any atom is 0.220 e. The maximum atomic E-state index is 12.2. The Bertz CT molecular complexity index is 399. The Morgan fingerprint density at radius 2 is 2.25 bits per heavy atom. The normalized spacial score (nSPS) is 18.9. The molecule has 1 atom stereocenters. The number of rotatable bonds is 6. The summed E-state index contributed by atoms with van der Waals surface area (Å²) in [6.45, 7) is 7.69. The van der Waals surface area contributed by atoms with Crippen LogP contribution in [0.25, 0.3) is 0 Å². The molecule has 112 valence electrons. The van der Waals surface area contributed by atoms with Crippen molar-refractivity contribution in [2.45, 2.75) is 45.6 Å². The molecule has 2 heterocycles. The van der Waals surface area contributed by atoms with Crippen LogP contribution in [0.5, 0.6) is 0 Å². The summed E-state index contributed by atoms with van der Waals surface area (Å²) < 4.78 is 0. The molecule has 2 rings (SSSR count). The first-order valence-corrected chi connectivity index (χ1v) is 8.52. The number of nitrogens with zero attached hydrogens (tertiary/aromatic N) is 2. The smallest absolute Gasteiger partial charge is 0.220 e. The summed E-state index contributed by atoms with van der Waals surface area (Å²) >= 11 is 1.61. The van der Waals surface area contributed by atoms with Gasteiger partial charge in [0.05, 0.1) is 6.04 Å². The van der Waals surface area contributed by atoms with Crippen molar-refractivity contribution in [1.82, 2.24) is 15.2 Å². The molecule has 1 amide bonds. The van der Waals surface area contributed by atoms with Crippen LogP contribution < -0.4 is 5.32 Å². The summed E-state index contributed by atoms with van der Waals surface area (Å²) in [5.41, 5.74) is 0. The number of nitrogens with one attached hydrogen (secondary N) is 1. The first kappa shape index (κ1) is 15.4. The minimum absolute atomic E-state index is 0.0817. The third-order valence-corrected chi connectivity index (χ3v) is 5.01. The number of likely N-dealkylation sites (tertiary alicyclic amines) is 1. The molecule has 0 unspecified atom stereocenters. The molecule has 0 aromatic carbocycles. The quantitative estimate of drug-likeness (QED) is 0.878. The number of piperidine rings is 1. The van der Waals surface area contributed by atoms with E-state index in [1.165, 1.54) is 0 Å². The number of aromatic nitrogens is 1. The van der Waals surface area contributed by atoms with Crippen LogP contribution in [0.2, 0.25) is 0 Å². The average molecular weight is 295 g/mol. The molecule has 1 fully saturated rings. The molecule has 0 bridgehead atoms. The highest BCUT2D eigenvalue weighted by Gasteiger charge is 2.22. The van der Waals surface area contributed by atoms with Gasteiger partial charge < -0.3 is 10.2 Å². The van der Waals surface area contributed by atoms with E-state index in [1.807, 2.05) is 5.38 Å². The summed E-state index contributed by atoms with van der Waals surface area (Å²) in [5, 5.41) is 6.12. The molecular weight excluding hydrogens is 270 g/mol. The second-order valence-electron chi connectivity index (χ2n) is 5.48. The monoisotopic (exact) mass is 295 g/mol. The van der Waals surface area contributed by atoms with Crippen molar-refractivity contribution in [2.24, 2.45) is 5.92 Å². The van der Waals surface area contributed by atoms with E-state index in [-0.39, 0.29) is 11.9 Å². The van der Waals surface area contributed by atoms with Crippen LogP contribution in [0.3, 0.4) is 0 Å². The Labute approximate surface area is 125 Å². The van der Waals surface area contributed by atoms with Crippen LogP contribution in [0.15, 0.2) is 11.6 Å². The highest BCUT2D eigenvalue weighted by molar-refractivity contribution is 7.09. The van der Waals surface area contributed by atoms with Crippen molar-refractivity contribution in [3.63, 3.8) is 0 Å². The van der Waals surface area contributed by atoms with Gasteiger partial charge in [-0.2, -0.15) is 0 Å². The van der Waals surface area contributed by atoms with E-state index >= 15 is 0 Å². The van der Waals surface area contributed by atoms with E-state index in [0.717, 1.165) is 43.9 Å². The third kappa shape index (κ3) is 4.28. The molecule has 0 radical (unpaired) electrons. The van der Waals surface area contributed by atoms with Crippen LogP contribution >= 0.6 is 11.3 Å². The molecule has 1 aliphatic heterocycles. The average Bonchev–Trinajstić information content (AvgIpc) is 2.99. The zero-order valence-electron chi connectivity index (χ0n) is 12.5. The lowest BCUT2D eigenvalue weighted by molar-refractivity contribution is -0.123. The predicted molar refractivity (Wildman–Crippen MR) is 82.7 cm³/mol. The van der Waals surface area contributed by atoms with Crippen molar-refractivity contribution in [2.75, 3.05) is 19.6 Å². The van der Waals surface area contributed by atoms with Crippen molar-refractivity contribution in [3.05, 3.63) is 16.6 Å². The van der Waals surface area contributed by atoms with E-state index in [1.54, 1.807) is 17.5 Å². The first-order valence-electron chi connectivity index (χ1n) is 7.64. The summed E-state index contributed by atoms with van der Waals surface area (Å²) in [5.74, 6) is 0.730. The minimum Gasteiger partial charge on any atom is -0.347 e. The molecule has 1 aromatic rings. The summed E-state index contributed by atoms with van der Waals surface area (Å²) in [4.78, 5) is 18.9. The lowest BCUT2D eigenvalue weighted by Crippen LogP contribution is -2.36. The molecule has 1 aromatic heterocycles. The topological polar surface area (TPSA) is 45.2 Å². The molecule has 1 N–H and O–H groups in total. The van der Waals surface area contributed by atoms with Crippen molar-refractivity contribution in [3.8, 4) is 0 Å². The van der Waals surface area contributed by atoms with Gasteiger partial charge in [-0.1, -0.05) is 13.8 Å². The Morgan fingerprint density at radius 1 is 1.50 bits per heavy atom. The highest BCUT2D eigenvalue weighted by Crippen LogP contribution is 2.22. The molecular formula is C15H25N3OS. The fourth-order valence-corrected chi connectivity index (χ4v) is 3.54. The first-order chi connectivity index (χ1) is 9.72. The van der Waals surface area contributed by atoms with Gasteiger partial charge >= 0.3 is 0 Å². The van der Waals surface area contributed by atoms with Gasteiger partial charge in [-0.25, -0.2) is 4.98 Å². The summed E-state index contributed by atoms with van der Waals surface area (Å²) in [7, 11) is 0. The minimum atomic E-state index is 0.0817. The lowest BCUT2D eigenvalue weighted by Gasteiger charge is -2.30. The number of carbonyl (C=O) groups is 1. The molecule has 4 nitrogen and oxygen atoms in total. The SMILES string of the molecule is CC[C@H](NC(=O)CC1CCN(CC)CC1)c1nccs1. The summed E-state index contributed by atoms with van der Waals surface area (Å²) in [6.07, 6.45) is 5.66. The van der Waals surface area contributed by atoms with Crippen molar-refractivity contribution in [1.29, 1.82) is 0 Å². The predicted octanol–water partition coefficient (Wildman–Crippen LogP) is 2.83. The van der Waals surface area contributed by atoms with Gasteiger partial charge in [-0.3, -0.25) is 4.79 Å².